The van der Waals surface area contributed by atoms with Gasteiger partial charge in [-0.25, -0.2) is 4.79 Å². The van der Waals surface area contributed by atoms with Gasteiger partial charge >= 0.3 is 6.16 Å². The van der Waals surface area contributed by atoms with Crippen LogP contribution in [-0.4, -0.2) is 18.4 Å². The largest absolute Gasteiger partial charge is 0.509 e. The van der Waals surface area contributed by atoms with E-state index in [0.717, 1.165) is 12.8 Å². The van der Waals surface area contributed by atoms with Crippen LogP contribution in [0.25, 0.3) is 0 Å². The molecule has 0 radical (unpaired) electrons. The van der Waals surface area contributed by atoms with Gasteiger partial charge in [0.2, 0.25) is 0 Å². The molecule has 0 aromatic heterocycles. The number of hydrogen-bond acceptors (Lipinski definition) is 3. The van der Waals surface area contributed by atoms with Crippen molar-refractivity contribution < 1.29 is 14.3 Å². The van der Waals surface area contributed by atoms with Gasteiger partial charge in [-0.2, -0.15) is 0 Å². The van der Waals surface area contributed by atoms with Gasteiger partial charge in [-0.1, -0.05) is 12.2 Å². The van der Waals surface area contributed by atoms with Gasteiger partial charge < -0.3 is 9.47 Å². The maximum atomic E-state index is 10.5. The number of carbonyl (C=O) groups excluding carboxylic acids is 1. The van der Waals surface area contributed by atoms with E-state index in [4.69, 9.17) is 9.47 Å². The third-order valence-corrected chi connectivity index (χ3v) is 1.81. The fourth-order valence-corrected chi connectivity index (χ4v) is 1.29. The van der Waals surface area contributed by atoms with Crippen LogP contribution in [0.1, 0.15) is 12.8 Å². The number of carbonyl (C=O) groups is 1. The second kappa shape index (κ2) is 2.01. The van der Waals surface area contributed by atoms with E-state index in [9.17, 15) is 4.79 Å². The van der Waals surface area contributed by atoms with E-state index in [1.54, 1.807) is 0 Å². The van der Waals surface area contributed by atoms with Crippen LogP contribution < -0.4 is 0 Å². The molecule has 3 nitrogen and oxygen atoms in total. The summed E-state index contributed by atoms with van der Waals surface area (Å²) in [6.07, 6.45) is 5.09. The van der Waals surface area contributed by atoms with Crippen molar-refractivity contribution in [2.45, 2.75) is 25.0 Å². The SMILES string of the molecule is O=C1OC2CC=CCC2O1. The summed E-state index contributed by atoms with van der Waals surface area (Å²) >= 11 is 0. The Kier molecular flexibility index (Phi) is 1.16. The van der Waals surface area contributed by atoms with Gasteiger partial charge in [0, 0.05) is 12.8 Å². The van der Waals surface area contributed by atoms with Gasteiger partial charge in [-0.3, -0.25) is 0 Å². The van der Waals surface area contributed by atoms with Gasteiger partial charge in [-0.15, -0.1) is 0 Å². The van der Waals surface area contributed by atoms with Gasteiger partial charge in [0.1, 0.15) is 12.2 Å². The van der Waals surface area contributed by atoms with Crippen LogP contribution in [-0.2, 0) is 9.47 Å². The van der Waals surface area contributed by atoms with Crippen molar-refractivity contribution in [3.63, 3.8) is 0 Å². The minimum atomic E-state index is -0.515. The highest BCUT2D eigenvalue weighted by Crippen LogP contribution is 2.24. The molecule has 1 heterocycles. The highest BCUT2D eigenvalue weighted by Gasteiger charge is 2.36. The molecule has 0 aromatic carbocycles. The lowest BCUT2D eigenvalue weighted by Crippen LogP contribution is -2.23. The molecule has 2 unspecified atom stereocenters. The maximum Gasteiger partial charge on any atom is 0.509 e. The molecule has 3 heteroatoms. The van der Waals surface area contributed by atoms with Crippen LogP contribution in [0.15, 0.2) is 12.2 Å². The first-order valence-electron chi connectivity index (χ1n) is 3.38. The smallest absolute Gasteiger partial charge is 0.427 e. The zero-order valence-electron chi connectivity index (χ0n) is 5.45. The van der Waals surface area contributed by atoms with E-state index in [0.29, 0.717) is 0 Å². The zero-order valence-corrected chi connectivity index (χ0v) is 5.45. The van der Waals surface area contributed by atoms with Gasteiger partial charge in [0.15, 0.2) is 0 Å². The van der Waals surface area contributed by atoms with Crippen LogP contribution >= 0.6 is 0 Å². The number of fused-ring (bicyclic) bond motifs is 1. The van der Waals surface area contributed by atoms with E-state index in [1.807, 2.05) is 12.2 Å². The molecule has 1 aliphatic heterocycles. The van der Waals surface area contributed by atoms with E-state index < -0.39 is 6.16 Å². The molecule has 0 aromatic rings. The van der Waals surface area contributed by atoms with E-state index in [2.05, 4.69) is 0 Å². The zero-order chi connectivity index (χ0) is 6.97. The summed E-state index contributed by atoms with van der Waals surface area (Å²) in [5.41, 5.74) is 0. The fraction of sp³-hybridized carbons (Fsp3) is 0.571. The van der Waals surface area contributed by atoms with Crippen molar-refractivity contribution >= 4 is 6.16 Å². The third kappa shape index (κ3) is 0.781. The lowest BCUT2D eigenvalue weighted by atomic mass is 10.0. The van der Waals surface area contributed by atoms with Crippen LogP contribution in [0, 0.1) is 0 Å². The molecule has 0 amide bonds. The fourth-order valence-electron chi connectivity index (χ4n) is 1.29. The van der Waals surface area contributed by atoms with Gasteiger partial charge in [0.25, 0.3) is 0 Å². The third-order valence-electron chi connectivity index (χ3n) is 1.81. The molecule has 2 aliphatic rings. The first kappa shape index (κ1) is 5.77. The molecular weight excluding hydrogens is 132 g/mol. The second-order valence-electron chi connectivity index (χ2n) is 2.51. The molecule has 1 aliphatic carbocycles. The van der Waals surface area contributed by atoms with E-state index in [1.165, 1.54) is 0 Å². The molecule has 54 valence electrons. The predicted molar refractivity (Wildman–Crippen MR) is 33.5 cm³/mol. The van der Waals surface area contributed by atoms with Gasteiger partial charge in [-0.05, 0) is 0 Å². The Balaban J connectivity index is 2.11. The number of rotatable bonds is 0. The summed E-state index contributed by atoms with van der Waals surface area (Å²) in [6, 6.07) is 0. The summed E-state index contributed by atoms with van der Waals surface area (Å²) in [6.45, 7) is 0. The van der Waals surface area contributed by atoms with Gasteiger partial charge in [0.05, 0.1) is 0 Å². The van der Waals surface area contributed by atoms with E-state index >= 15 is 0 Å². The van der Waals surface area contributed by atoms with Crippen molar-refractivity contribution in [3.8, 4) is 0 Å². The maximum absolute atomic E-state index is 10.5. The lowest BCUT2D eigenvalue weighted by Gasteiger charge is -2.14. The average molecular weight is 140 g/mol. The Labute approximate surface area is 58.6 Å². The molecule has 0 N–H and O–H groups in total. The average Bonchev–Trinajstić information content (AvgIpc) is 2.27. The predicted octanol–water partition coefficient (Wildman–Crippen LogP) is 1.24. The minimum absolute atomic E-state index is 0.0162. The number of hydrogen-bond donors (Lipinski definition) is 0. The minimum Gasteiger partial charge on any atom is -0.427 e. The summed E-state index contributed by atoms with van der Waals surface area (Å²) in [7, 11) is 0. The quantitative estimate of drug-likeness (QED) is 0.375. The molecule has 10 heavy (non-hydrogen) atoms. The lowest BCUT2D eigenvalue weighted by molar-refractivity contribution is 0.117. The van der Waals surface area contributed by atoms with Crippen molar-refractivity contribution in [1.82, 2.24) is 0 Å². The molecule has 2 rings (SSSR count). The molecule has 0 spiro atoms. The molecule has 1 saturated heterocycles. The summed E-state index contributed by atoms with van der Waals surface area (Å²) in [4.78, 5) is 10.5. The summed E-state index contributed by atoms with van der Waals surface area (Å²) in [5, 5.41) is 0. The topological polar surface area (TPSA) is 35.5 Å². The first-order valence-corrected chi connectivity index (χ1v) is 3.38. The van der Waals surface area contributed by atoms with Crippen LogP contribution in [0.2, 0.25) is 0 Å². The Hall–Kier alpha value is -0.990. The summed E-state index contributed by atoms with van der Waals surface area (Å²) in [5.74, 6) is 0. The Morgan fingerprint density at radius 3 is 2.20 bits per heavy atom. The highest BCUT2D eigenvalue weighted by atomic mass is 16.8. The second-order valence-corrected chi connectivity index (χ2v) is 2.51. The Bertz CT molecular complexity index is 167. The standard InChI is InChI=1S/C7H8O3/c8-7-9-5-3-1-2-4-6(5)10-7/h1-2,5-6H,3-4H2. The first-order chi connectivity index (χ1) is 4.86. The Morgan fingerprint density at radius 2 is 1.70 bits per heavy atom. The number of ether oxygens (including phenoxy) is 2. The Morgan fingerprint density at radius 1 is 1.20 bits per heavy atom. The van der Waals surface area contributed by atoms with Crippen molar-refractivity contribution in [2.24, 2.45) is 0 Å². The van der Waals surface area contributed by atoms with E-state index in [-0.39, 0.29) is 12.2 Å². The molecule has 0 bridgehead atoms. The molecule has 2 atom stereocenters. The van der Waals surface area contributed by atoms with Crippen molar-refractivity contribution in [2.75, 3.05) is 0 Å². The summed E-state index contributed by atoms with van der Waals surface area (Å²) < 4.78 is 9.71. The highest BCUT2D eigenvalue weighted by molar-refractivity contribution is 5.62. The van der Waals surface area contributed by atoms with Crippen LogP contribution in [0.4, 0.5) is 4.79 Å². The van der Waals surface area contributed by atoms with Crippen molar-refractivity contribution in [1.29, 1.82) is 0 Å². The molecular formula is C7H8O3. The molecule has 1 fully saturated rings. The van der Waals surface area contributed by atoms with Crippen LogP contribution in [0.3, 0.4) is 0 Å². The normalized spacial score (nSPS) is 36.6. The molecule has 0 saturated carbocycles. The monoisotopic (exact) mass is 140 g/mol. The van der Waals surface area contributed by atoms with Crippen LogP contribution in [0.5, 0.6) is 0 Å². The van der Waals surface area contributed by atoms with Crippen molar-refractivity contribution in [3.05, 3.63) is 12.2 Å².